The van der Waals surface area contributed by atoms with Gasteiger partial charge in [0.2, 0.25) is 0 Å². The molecule has 1 N–H and O–H groups in total. The van der Waals surface area contributed by atoms with E-state index in [9.17, 15) is 4.79 Å². The van der Waals surface area contributed by atoms with Gasteiger partial charge in [-0.1, -0.05) is 48.5 Å². The molecule has 2 nitrogen and oxygen atoms in total. The molecule has 2 heteroatoms. The number of benzene rings is 2. The van der Waals surface area contributed by atoms with Gasteiger partial charge in [0.05, 0.1) is 0 Å². The summed E-state index contributed by atoms with van der Waals surface area (Å²) in [6.45, 7) is 0.888. The lowest BCUT2D eigenvalue weighted by Crippen LogP contribution is -2.23. The Balaban J connectivity index is 1.69. The number of fused-ring (bicyclic) bond motifs is 1. The second-order valence-electron chi connectivity index (χ2n) is 5.31. The number of anilines is 1. The highest BCUT2D eigenvalue weighted by atomic mass is 16.1. The number of hydrogen-bond donors (Lipinski definition) is 1. The van der Waals surface area contributed by atoms with Gasteiger partial charge in [-0.25, -0.2) is 0 Å². The Morgan fingerprint density at radius 1 is 1.05 bits per heavy atom. The quantitative estimate of drug-likeness (QED) is 0.911. The number of nitrogens with one attached hydrogen (secondary N) is 1. The van der Waals surface area contributed by atoms with Crippen molar-refractivity contribution in [2.45, 2.75) is 25.2 Å². The predicted molar refractivity (Wildman–Crippen MR) is 82.1 cm³/mol. The van der Waals surface area contributed by atoms with Gasteiger partial charge < -0.3 is 5.32 Å². The number of carbonyl (C=O) groups is 1. The Labute approximate surface area is 119 Å². The molecule has 1 aliphatic heterocycles. The maximum absolute atomic E-state index is 12.5. The largest absolute Gasteiger partial charge is 0.385 e. The monoisotopic (exact) mass is 265 g/mol. The highest BCUT2D eigenvalue weighted by molar-refractivity contribution is 5.88. The van der Waals surface area contributed by atoms with Crippen LogP contribution in [0.15, 0.2) is 54.6 Å². The van der Waals surface area contributed by atoms with Gasteiger partial charge in [0.25, 0.3) is 0 Å². The molecule has 2 aromatic carbocycles. The summed E-state index contributed by atoms with van der Waals surface area (Å²) in [6, 6.07) is 18.4. The Morgan fingerprint density at radius 3 is 2.65 bits per heavy atom. The summed E-state index contributed by atoms with van der Waals surface area (Å²) >= 11 is 0. The van der Waals surface area contributed by atoms with Crippen molar-refractivity contribution in [1.82, 2.24) is 0 Å². The molecule has 1 aliphatic rings. The molecule has 0 aromatic heterocycles. The highest BCUT2D eigenvalue weighted by Crippen LogP contribution is 2.32. The second-order valence-corrected chi connectivity index (χ2v) is 5.31. The molecule has 3 rings (SSSR count). The number of ketones is 1. The van der Waals surface area contributed by atoms with Gasteiger partial charge in [0, 0.05) is 24.6 Å². The van der Waals surface area contributed by atoms with Gasteiger partial charge in [0.15, 0.2) is 0 Å². The van der Waals surface area contributed by atoms with Crippen LogP contribution >= 0.6 is 0 Å². The van der Waals surface area contributed by atoms with Gasteiger partial charge in [-0.05, 0) is 30.0 Å². The topological polar surface area (TPSA) is 29.1 Å². The van der Waals surface area contributed by atoms with E-state index in [1.807, 2.05) is 30.3 Å². The van der Waals surface area contributed by atoms with Crippen LogP contribution < -0.4 is 5.32 Å². The maximum Gasteiger partial charge on any atom is 0.140 e. The number of carbonyl (C=O) groups excluding carboxylic acids is 1. The van der Waals surface area contributed by atoms with Crippen molar-refractivity contribution in [3.63, 3.8) is 0 Å². The van der Waals surface area contributed by atoms with E-state index in [0.29, 0.717) is 12.2 Å². The first-order valence-corrected chi connectivity index (χ1v) is 7.24. The minimum atomic E-state index is 0.0659. The van der Waals surface area contributed by atoms with E-state index >= 15 is 0 Å². The average molecular weight is 265 g/mol. The van der Waals surface area contributed by atoms with Crippen LogP contribution in [-0.4, -0.2) is 12.3 Å². The molecule has 0 spiro atoms. The smallest absolute Gasteiger partial charge is 0.140 e. The number of para-hydroxylation sites is 1. The van der Waals surface area contributed by atoms with Crippen molar-refractivity contribution in [2.24, 2.45) is 0 Å². The van der Waals surface area contributed by atoms with Crippen LogP contribution in [0.1, 0.15) is 29.9 Å². The molecule has 20 heavy (non-hydrogen) atoms. The lowest BCUT2D eigenvalue weighted by molar-refractivity contribution is -0.120. The Bertz CT molecular complexity index is 591. The number of hydrogen-bond acceptors (Lipinski definition) is 2. The second kappa shape index (κ2) is 5.91. The van der Waals surface area contributed by atoms with Gasteiger partial charge >= 0.3 is 0 Å². The van der Waals surface area contributed by atoms with Gasteiger partial charge in [0.1, 0.15) is 5.78 Å². The summed E-state index contributed by atoms with van der Waals surface area (Å²) < 4.78 is 0. The molecule has 1 heterocycles. The van der Waals surface area contributed by atoms with Crippen molar-refractivity contribution in [3.8, 4) is 0 Å². The fraction of sp³-hybridized carbons (Fsp3) is 0.278. The number of rotatable bonds is 4. The van der Waals surface area contributed by atoms with E-state index in [2.05, 4.69) is 29.6 Å². The van der Waals surface area contributed by atoms with Crippen LogP contribution in [0.5, 0.6) is 0 Å². The zero-order valence-electron chi connectivity index (χ0n) is 11.5. The molecular weight excluding hydrogens is 246 g/mol. The van der Waals surface area contributed by atoms with E-state index in [4.69, 9.17) is 0 Å². The summed E-state index contributed by atoms with van der Waals surface area (Å²) in [6.07, 6.45) is 2.37. The average Bonchev–Trinajstić information content (AvgIpc) is 2.53. The van der Waals surface area contributed by atoms with Crippen LogP contribution in [0.2, 0.25) is 0 Å². The van der Waals surface area contributed by atoms with E-state index in [0.717, 1.165) is 30.6 Å². The first-order valence-electron chi connectivity index (χ1n) is 7.24. The third-order valence-electron chi connectivity index (χ3n) is 3.98. The highest BCUT2D eigenvalue weighted by Gasteiger charge is 2.25. The predicted octanol–water partition coefficient (Wildman–Crippen LogP) is 3.79. The molecule has 0 saturated heterocycles. The van der Waals surface area contributed by atoms with Gasteiger partial charge in [-0.15, -0.1) is 0 Å². The van der Waals surface area contributed by atoms with Crippen LogP contribution in [0, 0.1) is 0 Å². The molecule has 0 amide bonds. The summed E-state index contributed by atoms with van der Waals surface area (Å²) in [7, 11) is 0. The standard InChI is InChI=1S/C18H19NO/c20-18(11-10-14-6-2-1-3-7-14)16-12-13-19-17-9-5-4-8-15(16)17/h1-9,16,19H,10-13H2. The van der Waals surface area contributed by atoms with Crippen LogP contribution in [0.25, 0.3) is 0 Å². The van der Waals surface area contributed by atoms with Crippen LogP contribution in [-0.2, 0) is 11.2 Å². The SMILES string of the molecule is O=C(CCc1ccccc1)C1CCNc2ccccc21. The summed E-state index contributed by atoms with van der Waals surface area (Å²) in [4.78, 5) is 12.5. The zero-order chi connectivity index (χ0) is 13.8. The van der Waals surface area contributed by atoms with Crippen molar-refractivity contribution in [2.75, 3.05) is 11.9 Å². The Kier molecular flexibility index (Phi) is 3.82. The fourth-order valence-electron chi connectivity index (χ4n) is 2.89. The Hall–Kier alpha value is -2.09. The first-order chi connectivity index (χ1) is 9.84. The summed E-state index contributed by atoms with van der Waals surface area (Å²) in [5.74, 6) is 0.430. The number of Topliss-reactive ketones (excluding diaryl/α,β-unsaturated/α-hetero) is 1. The lowest BCUT2D eigenvalue weighted by atomic mass is 9.85. The summed E-state index contributed by atoms with van der Waals surface area (Å²) in [5, 5.41) is 3.37. The van der Waals surface area contributed by atoms with Crippen molar-refractivity contribution < 1.29 is 4.79 Å². The van der Waals surface area contributed by atoms with Gasteiger partial charge in [-0.3, -0.25) is 4.79 Å². The van der Waals surface area contributed by atoms with E-state index in [1.165, 1.54) is 5.56 Å². The Morgan fingerprint density at radius 2 is 1.80 bits per heavy atom. The normalized spacial score (nSPS) is 17.1. The fourth-order valence-corrected chi connectivity index (χ4v) is 2.89. The lowest BCUT2D eigenvalue weighted by Gasteiger charge is -2.25. The zero-order valence-corrected chi connectivity index (χ0v) is 11.5. The molecule has 0 aliphatic carbocycles. The first kappa shape index (κ1) is 12.9. The molecular formula is C18H19NO. The molecule has 1 unspecified atom stereocenters. The molecule has 0 radical (unpaired) electrons. The molecule has 0 bridgehead atoms. The van der Waals surface area contributed by atoms with Crippen LogP contribution in [0.3, 0.4) is 0 Å². The minimum absolute atomic E-state index is 0.0659. The third-order valence-corrected chi connectivity index (χ3v) is 3.98. The number of aryl methyl sites for hydroxylation is 1. The molecule has 0 fully saturated rings. The minimum Gasteiger partial charge on any atom is -0.385 e. The molecule has 1 atom stereocenters. The van der Waals surface area contributed by atoms with E-state index < -0.39 is 0 Å². The van der Waals surface area contributed by atoms with Crippen molar-refractivity contribution >= 4 is 11.5 Å². The van der Waals surface area contributed by atoms with Gasteiger partial charge in [-0.2, -0.15) is 0 Å². The van der Waals surface area contributed by atoms with Crippen LogP contribution in [0.4, 0.5) is 5.69 Å². The molecule has 102 valence electrons. The molecule has 2 aromatic rings. The molecule has 0 saturated carbocycles. The van der Waals surface area contributed by atoms with E-state index in [-0.39, 0.29) is 5.92 Å². The third kappa shape index (κ3) is 2.74. The van der Waals surface area contributed by atoms with Crippen molar-refractivity contribution in [3.05, 3.63) is 65.7 Å². The summed E-state index contributed by atoms with van der Waals surface area (Å²) in [5.41, 5.74) is 3.52. The van der Waals surface area contributed by atoms with Crippen molar-refractivity contribution in [1.29, 1.82) is 0 Å². The maximum atomic E-state index is 12.5. The van der Waals surface area contributed by atoms with E-state index in [1.54, 1.807) is 0 Å².